The van der Waals surface area contributed by atoms with Crippen LogP contribution in [0.5, 0.6) is 0 Å². The van der Waals surface area contributed by atoms with E-state index in [1.807, 2.05) is 30.3 Å². The first-order valence-electron chi connectivity index (χ1n) is 10.6. The van der Waals surface area contributed by atoms with Crippen LogP contribution < -0.4 is 4.90 Å². The molecule has 1 aliphatic rings. The molecule has 33 heavy (non-hydrogen) atoms. The molecule has 1 N–H and O–H groups in total. The summed E-state index contributed by atoms with van der Waals surface area (Å²) in [7, 11) is -3.94. The van der Waals surface area contributed by atoms with E-state index in [9.17, 15) is 22.7 Å². The summed E-state index contributed by atoms with van der Waals surface area (Å²) in [6.45, 7) is 5.54. The number of carbonyl (C=O) groups is 1. The standard InChI is InChI=1S/C25H25FN2O4S/c1-3-24(21-10-6-8-18-7-4-5-9-20(18)21)33(31,32)27-13-14-28(23(16-27)25(29)30)22-12-11-19(26)15-17(22)2/h3-12,15,23-24H,1,13-14,16H2,2H3,(H,29,30). The van der Waals surface area contributed by atoms with Crippen molar-refractivity contribution in [2.45, 2.75) is 18.2 Å². The molecule has 6 nitrogen and oxygen atoms in total. The molecule has 0 radical (unpaired) electrons. The number of aryl methyl sites for hydroxylation is 1. The maximum absolute atomic E-state index is 13.7. The van der Waals surface area contributed by atoms with Gasteiger partial charge in [-0.25, -0.2) is 17.6 Å². The first-order valence-corrected chi connectivity index (χ1v) is 12.1. The van der Waals surface area contributed by atoms with Gasteiger partial charge in [0.15, 0.2) is 0 Å². The zero-order chi connectivity index (χ0) is 23.8. The Balaban J connectivity index is 1.68. The van der Waals surface area contributed by atoms with Gasteiger partial charge >= 0.3 is 5.97 Å². The molecule has 172 valence electrons. The second kappa shape index (κ2) is 8.96. The van der Waals surface area contributed by atoms with E-state index in [-0.39, 0.29) is 19.6 Å². The number of halogens is 1. The number of carboxylic acids is 1. The Bertz CT molecular complexity index is 1320. The average molecular weight is 469 g/mol. The molecule has 3 aromatic rings. The van der Waals surface area contributed by atoms with Gasteiger partial charge in [0.2, 0.25) is 10.0 Å². The highest BCUT2D eigenvalue weighted by Gasteiger charge is 2.40. The highest BCUT2D eigenvalue weighted by Crippen LogP contribution is 2.34. The highest BCUT2D eigenvalue weighted by atomic mass is 32.2. The van der Waals surface area contributed by atoms with Crippen molar-refractivity contribution < 1.29 is 22.7 Å². The molecule has 3 aromatic carbocycles. The van der Waals surface area contributed by atoms with E-state index in [4.69, 9.17) is 0 Å². The minimum atomic E-state index is -3.94. The number of anilines is 1. The molecule has 8 heteroatoms. The molecule has 0 bridgehead atoms. The van der Waals surface area contributed by atoms with E-state index in [2.05, 4.69) is 6.58 Å². The Kier molecular flexibility index (Phi) is 6.23. The van der Waals surface area contributed by atoms with Gasteiger partial charge in [-0.1, -0.05) is 48.5 Å². The smallest absolute Gasteiger partial charge is 0.327 e. The highest BCUT2D eigenvalue weighted by molar-refractivity contribution is 7.89. The molecule has 4 rings (SSSR count). The largest absolute Gasteiger partial charge is 0.480 e. The first kappa shape index (κ1) is 22.9. The third kappa shape index (κ3) is 4.24. The van der Waals surface area contributed by atoms with Gasteiger partial charge in [-0.3, -0.25) is 0 Å². The minimum absolute atomic E-state index is 0.109. The number of hydrogen-bond donors (Lipinski definition) is 1. The van der Waals surface area contributed by atoms with E-state index >= 15 is 0 Å². The number of sulfonamides is 1. The van der Waals surface area contributed by atoms with Crippen LogP contribution in [0.3, 0.4) is 0 Å². The van der Waals surface area contributed by atoms with Crippen LogP contribution >= 0.6 is 0 Å². The van der Waals surface area contributed by atoms with Gasteiger partial charge in [-0.05, 0) is 47.0 Å². The van der Waals surface area contributed by atoms with Crippen molar-refractivity contribution in [3.63, 3.8) is 0 Å². The number of carboxylic acid groups (broad SMARTS) is 1. The summed E-state index contributed by atoms with van der Waals surface area (Å²) in [5.74, 6) is -1.55. The monoisotopic (exact) mass is 468 g/mol. The Morgan fingerprint density at radius 2 is 1.88 bits per heavy atom. The predicted octanol–water partition coefficient (Wildman–Crippen LogP) is 4.12. The summed E-state index contributed by atoms with van der Waals surface area (Å²) in [4.78, 5) is 13.7. The van der Waals surface area contributed by atoms with E-state index < -0.39 is 33.1 Å². The van der Waals surface area contributed by atoms with Gasteiger partial charge in [0, 0.05) is 25.3 Å². The maximum atomic E-state index is 13.7. The van der Waals surface area contributed by atoms with Crippen LogP contribution in [0.1, 0.15) is 16.4 Å². The number of fused-ring (bicyclic) bond motifs is 1. The summed E-state index contributed by atoms with van der Waals surface area (Å²) in [6, 6.07) is 16.0. The summed E-state index contributed by atoms with van der Waals surface area (Å²) in [5, 5.41) is 10.6. The van der Waals surface area contributed by atoms with Crippen molar-refractivity contribution in [3.8, 4) is 0 Å². The van der Waals surface area contributed by atoms with Crippen LogP contribution in [0, 0.1) is 12.7 Å². The SMILES string of the molecule is C=CC(c1cccc2ccccc12)S(=O)(=O)N1CCN(c2ccc(F)cc2C)C(C(=O)O)C1. The van der Waals surface area contributed by atoms with Crippen LogP contribution in [0.15, 0.2) is 73.3 Å². The van der Waals surface area contributed by atoms with Crippen LogP contribution in [-0.2, 0) is 14.8 Å². The normalized spacial score (nSPS) is 18.2. The van der Waals surface area contributed by atoms with Crippen LogP contribution in [0.25, 0.3) is 10.8 Å². The lowest BCUT2D eigenvalue weighted by Crippen LogP contribution is -2.58. The number of piperazine rings is 1. The number of hydrogen-bond acceptors (Lipinski definition) is 4. The van der Waals surface area contributed by atoms with Crippen LogP contribution in [0.4, 0.5) is 10.1 Å². The summed E-state index contributed by atoms with van der Waals surface area (Å²) in [5.41, 5.74) is 1.78. The van der Waals surface area contributed by atoms with E-state index in [0.717, 1.165) is 10.8 Å². The molecule has 0 aromatic heterocycles. The van der Waals surface area contributed by atoms with E-state index in [0.29, 0.717) is 16.8 Å². The van der Waals surface area contributed by atoms with Gasteiger partial charge in [-0.2, -0.15) is 4.31 Å². The molecule has 2 unspecified atom stereocenters. The van der Waals surface area contributed by atoms with Crippen LogP contribution in [0.2, 0.25) is 0 Å². The molecular formula is C25H25FN2O4S. The fourth-order valence-corrected chi connectivity index (χ4v) is 6.27. The lowest BCUT2D eigenvalue weighted by atomic mass is 10.0. The van der Waals surface area contributed by atoms with Gasteiger partial charge in [0.25, 0.3) is 0 Å². The topological polar surface area (TPSA) is 77.9 Å². The molecule has 1 aliphatic heterocycles. The zero-order valence-corrected chi connectivity index (χ0v) is 19.0. The third-order valence-corrected chi connectivity index (χ3v) is 8.26. The molecule has 2 atom stereocenters. The molecule has 0 aliphatic carbocycles. The Hall–Kier alpha value is -3.23. The van der Waals surface area contributed by atoms with E-state index in [1.165, 1.54) is 28.6 Å². The Labute approximate surface area is 192 Å². The Morgan fingerprint density at radius 3 is 2.58 bits per heavy atom. The Morgan fingerprint density at radius 1 is 1.15 bits per heavy atom. The number of nitrogens with zero attached hydrogens (tertiary/aromatic N) is 2. The summed E-state index contributed by atoms with van der Waals surface area (Å²) in [6.07, 6.45) is 1.39. The second-order valence-corrected chi connectivity index (χ2v) is 10.2. The molecule has 0 spiro atoms. The van der Waals surface area contributed by atoms with Gasteiger partial charge < -0.3 is 10.0 Å². The number of benzene rings is 3. The molecule has 0 saturated carbocycles. The van der Waals surface area contributed by atoms with Crippen molar-refractivity contribution in [2.24, 2.45) is 0 Å². The first-order chi connectivity index (χ1) is 15.7. The van der Waals surface area contributed by atoms with Gasteiger partial charge in [0.05, 0.1) is 0 Å². The minimum Gasteiger partial charge on any atom is -0.480 e. The quantitative estimate of drug-likeness (QED) is 0.551. The molecular weight excluding hydrogens is 443 g/mol. The average Bonchev–Trinajstić information content (AvgIpc) is 2.79. The summed E-state index contributed by atoms with van der Waals surface area (Å²) >= 11 is 0. The summed E-state index contributed by atoms with van der Waals surface area (Å²) < 4.78 is 42.1. The van der Waals surface area contributed by atoms with Crippen molar-refractivity contribution in [1.82, 2.24) is 4.31 Å². The van der Waals surface area contributed by atoms with Crippen molar-refractivity contribution >= 4 is 32.5 Å². The number of aliphatic carboxylic acids is 1. The van der Waals surface area contributed by atoms with Crippen molar-refractivity contribution in [3.05, 3.63) is 90.3 Å². The fourth-order valence-electron chi connectivity index (χ4n) is 4.50. The fraction of sp³-hybridized carbons (Fsp3) is 0.240. The van der Waals surface area contributed by atoms with Crippen molar-refractivity contribution in [1.29, 1.82) is 0 Å². The van der Waals surface area contributed by atoms with Gasteiger partial charge in [0.1, 0.15) is 17.1 Å². The number of rotatable bonds is 6. The van der Waals surface area contributed by atoms with Crippen molar-refractivity contribution in [2.75, 3.05) is 24.5 Å². The van der Waals surface area contributed by atoms with Crippen LogP contribution in [-0.4, -0.2) is 49.5 Å². The van der Waals surface area contributed by atoms with E-state index in [1.54, 1.807) is 24.0 Å². The molecule has 1 fully saturated rings. The lowest BCUT2D eigenvalue weighted by molar-refractivity contribution is -0.139. The molecule has 1 saturated heterocycles. The molecule has 0 amide bonds. The predicted molar refractivity (Wildman–Crippen MR) is 127 cm³/mol. The third-order valence-electron chi connectivity index (χ3n) is 6.12. The van der Waals surface area contributed by atoms with Gasteiger partial charge in [-0.15, -0.1) is 6.58 Å². The maximum Gasteiger partial charge on any atom is 0.327 e. The second-order valence-electron chi connectivity index (χ2n) is 8.11. The lowest BCUT2D eigenvalue weighted by Gasteiger charge is -2.41. The zero-order valence-electron chi connectivity index (χ0n) is 18.2. The molecule has 1 heterocycles.